The molecule has 0 saturated carbocycles. The molecule has 1 aliphatic heterocycles. The van der Waals surface area contributed by atoms with E-state index in [1.807, 2.05) is 10.6 Å². The van der Waals surface area contributed by atoms with Crippen molar-refractivity contribution in [2.75, 3.05) is 42.9 Å². The lowest BCUT2D eigenvalue weighted by atomic mass is 10.1. The van der Waals surface area contributed by atoms with E-state index < -0.39 is 0 Å². The standard InChI is InChI=1S/C23H32N6S/c1-6-12-27-13-15-28(16-14-27)22-26-29-20(25-23(3,4)5)19(24-21(29)30-22)18-10-8-17(7-2)9-11-18/h6,8-11,25H,1,7,12-16H2,2-5H3. The molecule has 3 aromatic rings. The number of nitrogens with zero attached hydrogens (tertiary/aromatic N) is 5. The van der Waals surface area contributed by atoms with Crippen LogP contribution >= 0.6 is 11.3 Å². The molecule has 0 amide bonds. The maximum Gasteiger partial charge on any atom is 0.216 e. The molecule has 0 radical (unpaired) electrons. The van der Waals surface area contributed by atoms with Crippen LogP contribution < -0.4 is 10.2 Å². The maximum atomic E-state index is 4.99. The summed E-state index contributed by atoms with van der Waals surface area (Å²) in [5.74, 6) is 0.967. The van der Waals surface area contributed by atoms with Crippen molar-refractivity contribution < 1.29 is 0 Å². The van der Waals surface area contributed by atoms with Crippen molar-refractivity contribution in [2.24, 2.45) is 0 Å². The Morgan fingerprint density at radius 2 is 1.83 bits per heavy atom. The maximum absolute atomic E-state index is 4.99. The molecule has 0 atom stereocenters. The number of fused-ring (bicyclic) bond motifs is 1. The quantitative estimate of drug-likeness (QED) is 0.589. The van der Waals surface area contributed by atoms with E-state index in [1.54, 1.807) is 11.3 Å². The smallest absolute Gasteiger partial charge is 0.216 e. The molecule has 0 unspecified atom stereocenters. The molecule has 3 heterocycles. The van der Waals surface area contributed by atoms with Crippen molar-refractivity contribution in [3.63, 3.8) is 0 Å². The summed E-state index contributed by atoms with van der Waals surface area (Å²) in [5.41, 5.74) is 3.33. The number of imidazole rings is 1. The topological polar surface area (TPSA) is 48.7 Å². The van der Waals surface area contributed by atoms with Gasteiger partial charge >= 0.3 is 0 Å². The van der Waals surface area contributed by atoms with Gasteiger partial charge in [0.15, 0.2) is 5.82 Å². The number of aromatic nitrogens is 3. The summed E-state index contributed by atoms with van der Waals surface area (Å²) in [4.78, 5) is 10.7. The molecule has 1 aromatic carbocycles. The zero-order chi connectivity index (χ0) is 21.3. The fourth-order valence-corrected chi connectivity index (χ4v) is 4.69. The molecular formula is C23H32N6S. The van der Waals surface area contributed by atoms with E-state index in [1.165, 1.54) is 5.56 Å². The van der Waals surface area contributed by atoms with Crippen LogP contribution in [0.3, 0.4) is 0 Å². The highest BCUT2D eigenvalue weighted by Crippen LogP contribution is 2.35. The summed E-state index contributed by atoms with van der Waals surface area (Å²) in [7, 11) is 0. The van der Waals surface area contributed by atoms with Crippen molar-refractivity contribution >= 4 is 27.2 Å². The molecule has 0 spiro atoms. The summed E-state index contributed by atoms with van der Waals surface area (Å²) >= 11 is 1.67. The van der Waals surface area contributed by atoms with Gasteiger partial charge in [0.2, 0.25) is 10.1 Å². The Kier molecular flexibility index (Phi) is 5.84. The SMILES string of the molecule is C=CCN1CCN(c2nn3c(NC(C)(C)C)c(-c4ccc(CC)cc4)nc3s2)CC1. The Labute approximate surface area is 183 Å². The van der Waals surface area contributed by atoms with E-state index >= 15 is 0 Å². The fraction of sp³-hybridized carbons (Fsp3) is 0.478. The molecule has 1 aliphatic rings. The van der Waals surface area contributed by atoms with Crippen molar-refractivity contribution in [3.05, 3.63) is 42.5 Å². The Bertz CT molecular complexity index is 1000. The molecule has 160 valence electrons. The fourth-order valence-electron chi connectivity index (χ4n) is 3.74. The summed E-state index contributed by atoms with van der Waals surface area (Å²) in [6.45, 7) is 17.5. The minimum Gasteiger partial charge on any atom is -0.364 e. The highest BCUT2D eigenvalue weighted by atomic mass is 32.1. The second-order valence-corrected chi connectivity index (χ2v) is 9.82. The van der Waals surface area contributed by atoms with Crippen LogP contribution in [0.25, 0.3) is 16.2 Å². The normalized spacial score (nSPS) is 15.7. The molecule has 1 N–H and O–H groups in total. The Morgan fingerprint density at radius 1 is 1.13 bits per heavy atom. The van der Waals surface area contributed by atoms with Gasteiger partial charge in [-0.05, 0) is 32.8 Å². The molecule has 1 saturated heterocycles. The summed E-state index contributed by atoms with van der Waals surface area (Å²) in [6, 6.07) is 8.70. The first-order chi connectivity index (χ1) is 14.4. The number of piperazine rings is 1. The predicted octanol–water partition coefficient (Wildman–Crippen LogP) is 4.54. The van der Waals surface area contributed by atoms with Crippen molar-refractivity contribution in [1.82, 2.24) is 19.5 Å². The van der Waals surface area contributed by atoms with Crippen molar-refractivity contribution in [3.8, 4) is 11.3 Å². The van der Waals surface area contributed by atoms with Gasteiger partial charge in [0.1, 0.15) is 5.69 Å². The van der Waals surface area contributed by atoms with Gasteiger partial charge in [0.05, 0.1) is 0 Å². The number of aryl methyl sites for hydroxylation is 1. The zero-order valence-electron chi connectivity index (χ0n) is 18.5. The van der Waals surface area contributed by atoms with Crippen LogP contribution in [0.15, 0.2) is 36.9 Å². The predicted molar refractivity (Wildman–Crippen MR) is 128 cm³/mol. The van der Waals surface area contributed by atoms with E-state index in [0.29, 0.717) is 0 Å². The first kappa shape index (κ1) is 20.9. The summed E-state index contributed by atoms with van der Waals surface area (Å²) < 4.78 is 1.99. The van der Waals surface area contributed by atoms with Gasteiger partial charge in [-0.25, -0.2) is 4.98 Å². The Hall–Kier alpha value is -2.38. The average molecular weight is 425 g/mol. The minimum absolute atomic E-state index is 0.0891. The molecule has 0 bridgehead atoms. The highest BCUT2D eigenvalue weighted by molar-refractivity contribution is 7.20. The Balaban J connectivity index is 1.67. The third kappa shape index (κ3) is 4.37. The van der Waals surface area contributed by atoms with Gasteiger partial charge in [-0.15, -0.1) is 11.7 Å². The second kappa shape index (κ2) is 8.40. The van der Waals surface area contributed by atoms with E-state index in [9.17, 15) is 0 Å². The van der Waals surface area contributed by atoms with Crippen LogP contribution in [-0.2, 0) is 6.42 Å². The number of benzene rings is 1. The third-order valence-electron chi connectivity index (χ3n) is 5.35. The van der Waals surface area contributed by atoms with E-state index in [2.05, 4.69) is 73.7 Å². The zero-order valence-corrected chi connectivity index (χ0v) is 19.3. The van der Waals surface area contributed by atoms with Gasteiger partial charge in [-0.2, -0.15) is 4.52 Å². The Morgan fingerprint density at radius 3 is 2.43 bits per heavy atom. The van der Waals surface area contributed by atoms with Crippen LogP contribution in [0, 0.1) is 0 Å². The van der Waals surface area contributed by atoms with Gasteiger partial charge in [0.25, 0.3) is 0 Å². The number of nitrogens with one attached hydrogen (secondary N) is 1. The van der Waals surface area contributed by atoms with Gasteiger partial charge < -0.3 is 10.2 Å². The molecule has 1 fully saturated rings. The van der Waals surface area contributed by atoms with Crippen molar-refractivity contribution in [1.29, 1.82) is 0 Å². The second-order valence-electron chi connectivity index (χ2n) is 8.89. The molecule has 7 heteroatoms. The number of rotatable bonds is 6. The molecule has 6 nitrogen and oxygen atoms in total. The lowest BCUT2D eigenvalue weighted by Crippen LogP contribution is -2.46. The van der Waals surface area contributed by atoms with Gasteiger partial charge in [-0.1, -0.05) is 48.6 Å². The van der Waals surface area contributed by atoms with E-state index in [-0.39, 0.29) is 5.54 Å². The minimum atomic E-state index is -0.0891. The lowest BCUT2D eigenvalue weighted by Gasteiger charge is -2.33. The van der Waals surface area contributed by atoms with Gasteiger partial charge in [-0.3, -0.25) is 4.90 Å². The molecule has 4 rings (SSSR count). The van der Waals surface area contributed by atoms with Crippen LogP contribution in [0.5, 0.6) is 0 Å². The van der Waals surface area contributed by atoms with Crippen molar-refractivity contribution in [2.45, 2.75) is 39.7 Å². The first-order valence-corrected chi connectivity index (χ1v) is 11.5. The monoisotopic (exact) mass is 424 g/mol. The largest absolute Gasteiger partial charge is 0.364 e. The first-order valence-electron chi connectivity index (χ1n) is 10.7. The number of anilines is 2. The van der Waals surface area contributed by atoms with Gasteiger partial charge in [0, 0.05) is 43.8 Å². The average Bonchev–Trinajstić information content (AvgIpc) is 3.27. The molecular weight excluding hydrogens is 392 g/mol. The summed E-state index contributed by atoms with van der Waals surface area (Å²) in [6.07, 6.45) is 3.02. The van der Waals surface area contributed by atoms with Crippen LogP contribution in [0.1, 0.15) is 33.3 Å². The lowest BCUT2D eigenvalue weighted by molar-refractivity contribution is 0.284. The summed E-state index contributed by atoms with van der Waals surface area (Å²) in [5, 5.41) is 9.66. The van der Waals surface area contributed by atoms with E-state index in [0.717, 1.165) is 66.3 Å². The number of hydrogen-bond acceptors (Lipinski definition) is 6. The third-order valence-corrected chi connectivity index (χ3v) is 6.32. The molecule has 2 aromatic heterocycles. The molecule has 30 heavy (non-hydrogen) atoms. The van der Waals surface area contributed by atoms with E-state index in [4.69, 9.17) is 10.1 Å². The van der Waals surface area contributed by atoms with Crippen LogP contribution in [-0.4, -0.2) is 57.8 Å². The van der Waals surface area contributed by atoms with Crippen LogP contribution in [0.4, 0.5) is 10.9 Å². The van der Waals surface area contributed by atoms with Crippen LogP contribution in [0.2, 0.25) is 0 Å². The highest BCUT2D eigenvalue weighted by Gasteiger charge is 2.25. The number of hydrogen-bond donors (Lipinski definition) is 1. The molecule has 0 aliphatic carbocycles.